The number of allylic oxidation sites excluding steroid dienone is 1. The van der Waals surface area contributed by atoms with Crippen molar-refractivity contribution in [3.05, 3.63) is 81.2 Å². The predicted octanol–water partition coefficient (Wildman–Crippen LogP) is 4.52. The molecule has 6 nitrogen and oxygen atoms in total. The summed E-state index contributed by atoms with van der Waals surface area (Å²) in [7, 11) is 1.54. The number of halogens is 1. The first kappa shape index (κ1) is 22.4. The lowest BCUT2D eigenvalue weighted by Gasteiger charge is -2.31. The van der Waals surface area contributed by atoms with Crippen LogP contribution < -0.4 is 9.64 Å². The van der Waals surface area contributed by atoms with Crippen molar-refractivity contribution in [1.82, 2.24) is 0 Å². The molecule has 1 N–H and O–H groups in total. The van der Waals surface area contributed by atoms with Crippen LogP contribution in [0.15, 0.2) is 53.4 Å². The lowest BCUT2D eigenvalue weighted by atomic mass is 9.89. The number of aliphatic hydroxyl groups excluding tert-OH is 1. The van der Waals surface area contributed by atoms with Gasteiger partial charge in [-0.25, -0.2) is 4.39 Å². The van der Waals surface area contributed by atoms with E-state index in [9.17, 15) is 19.2 Å². The van der Waals surface area contributed by atoms with Crippen molar-refractivity contribution in [2.24, 2.45) is 5.18 Å². The van der Waals surface area contributed by atoms with Crippen molar-refractivity contribution in [1.29, 1.82) is 0 Å². The minimum atomic E-state index is -0.879. The van der Waals surface area contributed by atoms with Crippen LogP contribution in [-0.4, -0.2) is 31.3 Å². The average molecular weight is 424 g/mol. The van der Waals surface area contributed by atoms with Crippen LogP contribution in [0, 0.1) is 17.6 Å². The summed E-state index contributed by atoms with van der Waals surface area (Å²) in [5, 5.41) is 12.1. The Labute approximate surface area is 180 Å². The first-order valence-corrected chi connectivity index (χ1v) is 10.1. The molecule has 1 aliphatic rings. The highest BCUT2D eigenvalue weighted by molar-refractivity contribution is 6.12. The van der Waals surface area contributed by atoms with Crippen LogP contribution in [-0.2, 0) is 11.2 Å². The highest BCUT2D eigenvalue weighted by atomic mass is 19.1. The lowest BCUT2D eigenvalue weighted by Crippen LogP contribution is -2.27. The standard InChI is InChI=1S/C24H25FN2O4/c1-4-6-18-19-12-17(11-16-8-5-7-15(2)23(16)25)22(31-3)13-21(19)27(9-10-28)14-20(18)24(29)26-30/h5-8,12-14,28H,4,9-11H2,1-3H3/b18-6+. The maximum Gasteiger partial charge on any atom is 0.318 e. The van der Waals surface area contributed by atoms with Gasteiger partial charge >= 0.3 is 5.91 Å². The van der Waals surface area contributed by atoms with E-state index >= 15 is 0 Å². The number of carbonyl (C=O) groups excluding carboxylic acids is 1. The molecule has 7 heteroatoms. The molecule has 0 unspecified atom stereocenters. The van der Waals surface area contributed by atoms with E-state index in [0.717, 1.165) is 11.3 Å². The first-order valence-electron chi connectivity index (χ1n) is 10.1. The normalized spacial score (nSPS) is 14.3. The van der Waals surface area contributed by atoms with Gasteiger partial charge in [0.2, 0.25) is 0 Å². The van der Waals surface area contributed by atoms with Crippen LogP contribution >= 0.6 is 0 Å². The van der Waals surface area contributed by atoms with Gasteiger partial charge in [0.1, 0.15) is 11.6 Å². The number of carbonyl (C=O) groups is 1. The van der Waals surface area contributed by atoms with Crippen molar-refractivity contribution >= 4 is 17.2 Å². The Morgan fingerprint density at radius 3 is 2.71 bits per heavy atom. The van der Waals surface area contributed by atoms with Crippen molar-refractivity contribution in [3.63, 3.8) is 0 Å². The zero-order valence-corrected chi connectivity index (χ0v) is 17.8. The number of ether oxygens (including phenoxy) is 1. The number of β-amino-alcohol motifs (C(OH)–C–C–N with tert-alkyl or cyclic N) is 1. The number of methoxy groups -OCH3 is 1. The zero-order chi connectivity index (χ0) is 22.5. The zero-order valence-electron chi connectivity index (χ0n) is 17.8. The van der Waals surface area contributed by atoms with Crippen LogP contribution in [0.2, 0.25) is 0 Å². The molecule has 1 amide bonds. The third-order valence-electron chi connectivity index (χ3n) is 5.29. The van der Waals surface area contributed by atoms with Crippen molar-refractivity contribution in [2.45, 2.75) is 26.7 Å². The molecular formula is C24H25FN2O4. The number of aliphatic hydroxyl groups is 1. The Bertz CT molecular complexity index is 1080. The highest BCUT2D eigenvalue weighted by Crippen LogP contribution is 2.42. The molecule has 1 heterocycles. The molecule has 0 radical (unpaired) electrons. The second-order valence-corrected chi connectivity index (χ2v) is 7.29. The quantitative estimate of drug-likeness (QED) is 0.662. The summed E-state index contributed by atoms with van der Waals surface area (Å²) in [4.78, 5) is 24.9. The second kappa shape index (κ2) is 9.66. The van der Waals surface area contributed by atoms with E-state index in [2.05, 4.69) is 5.18 Å². The Hall–Kier alpha value is -3.32. The van der Waals surface area contributed by atoms with Crippen molar-refractivity contribution in [2.75, 3.05) is 25.2 Å². The molecule has 31 heavy (non-hydrogen) atoms. The Morgan fingerprint density at radius 2 is 2.06 bits per heavy atom. The fourth-order valence-electron chi connectivity index (χ4n) is 3.82. The second-order valence-electron chi connectivity index (χ2n) is 7.29. The van der Waals surface area contributed by atoms with Crippen LogP contribution in [0.1, 0.15) is 35.6 Å². The molecule has 0 aliphatic carbocycles. The SMILES string of the molecule is CC/C=C1/C(C(=O)N=O)=CN(CCO)c2cc(OC)c(Cc3cccc(C)c3F)cc21. The maximum absolute atomic E-state index is 14.6. The van der Waals surface area contributed by atoms with E-state index in [1.807, 2.05) is 25.1 Å². The molecule has 3 rings (SSSR count). The summed E-state index contributed by atoms with van der Waals surface area (Å²) in [6.45, 7) is 3.71. The van der Waals surface area contributed by atoms with Gasteiger partial charge in [0.15, 0.2) is 0 Å². The van der Waals surface area contributed by atoms with Gasteiger partial charge < -0.3 is 14.7 Å². The minimum absolute atomic E-state index is 0.155. The Balaban J connectivity index is 2.20. The van der Waals surface area contributed by atoms with E-state index < -0.39 is 5.91 Å². The van der Waals surface area contributed by atoms with E-state index in [1.54, 1.807) is 37.1 Å². The topological polar surface area (TPSA) is 79.2 Å². The van der Waals surface area contributed by atoms with Gasteiger partial charge in [-0.15, -0.1) is 4.91 Å². The summed E-state index contributed by atoms with van der Waals surface area (Å²) in [5.74, 6) is -0.583. The van der Waals surface area contributed by atoms with Gasteiger partial charge in [0.05, 0.1) is 25.0 Å². The summed E-state index contributed by atoms with van der Waals surface area (Å²) in [6, 6.07) is 8.91. The number of aryl methyl sites for hydroxylation is 1. The van der Waals surface area contributed by atoms with Gasteiger partial charge in [-0.2, -0.15) is 0 Å². The first-order chi connectivity index (χ1) is 14.9. The fourth-order valence-corrected chi connectivity index (χ4v) is 3.82. The molecule has 0 bridgehead atoms. The molecule has 0 saturated heterocycles. The number of hydrogen-bond donors (Lipinski definition) is 1. The van der Waals surface area contributed by atoms with E-state index in [-0.39, 0.29) is 24.5 Å². The van der Waals surface area contributed by atoms with Crippen LogP contribution in [0.5, 0.6) is 5.75 Å². The highest BCUT2D eigenvalue weighted by Gasteiger charge is 2.28. The van der Waals surface area contributed by atoms with Gasteiger partial charge in [-0.05, 0) is 41.7 Å². The average Bonchev–Trinajstić information content (AvgIpc) is 2.77. The number of anilines is 1. The summed E-state index contributed by atoms with van der Waals surface area (Å²) in [6.07, 6.45) is 4.31. The molecule has 1 aliphatic heterocycles. The Morgan fingerprint density at radius 1 is 1.29 bits per heavy atom. The maximum atomic E-state index is 14.6. The van der Waals surface area contributed by atoms with E-state index in [0.29, 0.717) is 40.9 Å². The molecule has 2 aromatic carbocycles. The lowest BCUT2D eigenvalue weighted by molar-refractivity contribution is -0.114. The van der Waals surface area contributed by atoms with Crippen LogP contribution in [0.4, 0.5) is 10.1 Å². The number of rotatable bonds is 7. The summed E-state index contributed by atoms with van der Waals surface area (Å²) >= 11 is 0. The molecule has 0 spiro atoms. The van der Waals surface area contributed by atoms with Crippen LogP contribution in [0.25, 0.3) is 5.57 Å². The number of amides is 1. The van der Waals surface area contributed by atoms with Gasteiger partial charge in [0, 0.05) is 36.0 Å². The van der Waals surface area contributed by atoms with Crippen LogP contribution in [0.3, 0.4) is 0 Å². The van der Waals surface area contributed by atoms with Crippen molar-refractivity contribution in [3.8, 4) is 5.75 Å². The Kier molecular flexibility index (Phi) is 6.97. The third kappa shape index (κ3) is 4.41. The third-order valence-corrected chi connectivity index (χ3v) is 5.29. The summed E-state index contributed by atoms with van der Waals surface area (Å²) in [5.41, 5.74) is 4.01. The number of fused-ring (bicyclic) bond motifs is 1. The molecule has 0 aromatic heterocycles. The molecular weight excluding hydrogens is 399 g/mol. The number of nitrogens with zero attached hydrogens (tertiary/aromatic N) is 2. The number of benzene rings is 2. The smallest absolute Gasteiger partial charge is 0.318 e. The van der Waals surface area contributed by atoms with Gasteiger partial charge in [-0.3, -0.25) is 4.79 Å². The fraction of sp³-hybridized carbons (Fsp3) is 0.292. The van der Waals surface area contributed by atoms with Crippen molar-refractivity contribution < 1.29 is 19.0 Å². The molecule has 2 aromatic rings. The molecule has 0 fully saturated rings. The summed E-state index contributed by atoms with van der Waals surface area (Å²) < 4.78 is 20.2. The van der Waals surface area contributed by atoms with E-state index in [4.69, 9.17) is 4.74 Å². The van der Waals surface area contributed by atoms with Gasteiger partial charge in [0.25, 0.3) is 0 Å². The molecule has 0 atom stereocenters. The predicted molar refractivity (Wildman–Crippen MR) is 119 cm³/mol. The van der Waals surface area contributed by atoms with Gasteiger partial charge in [-0.1, -0.05) is 31.2 Å². The van der Waals surface area contributed by atoms with E-state index in [1.165, 1.54) is 6.20 Å². The monoisotopic (exact) mass is 424 g/mol. The minimum Gasteiger partial charge on any atom is -0.496 e. The molecule has 162 valence electrons. The largest absolute Gasteiger partial charge is 0.496 e. The number of nitroso groups, excluding NO2 is 1. The number of hydrogen-bond acceptors (Lipinski definition) is 5. The molecule has 0 saturated carbocycles.